The molecule has 0 saturated carbocycles. The molecule has 0 aliphatic carbocycles. The van der Waals surface area contributed by atoms with Gasteiger partial charge >= 0.3 is 0 Å². The number of piperidine rings is 1. The second-order valence-corrected chi connectivity index (χ2v) is 7.99. The molecule has 2 fully saturated rings. The van der Waals surface area contributed by atoms with Crippen molar-refractivity contribution in [3.8, 4) is 11.5 Å². The highest BCUT2D eigenvalue weighted by molar-refractivity contribution is 5.40. The van der Waals surface area contributed by atoms with Crippen molar-refractivity contribution in [1.29, 1.82) is 0 Å². The molecule has 0 aromatic heterocycles. The average Bonchev–Trinajstić information content (AvgIpc) is 2.70. The molecular formula is C21H34FN3O3. The van der Waals surface area contributed by atoms with Gasteiger partial charge < -0.3 is 19.5 Å². The fraction of sp³-hybridized carbons (Fsp3) is 0.714. The lowest BCUT2D eigenvalue weighted by Gasteiger charge is -2.33. The minimum absolute atomic E-state index is 0.249. The summed E-state index contributed by atoms with van der Waals surface area (Å²) in [5, 5.41) is 10.4. The molecule has 6 nitrogen and oxygen atoms in total. The molecule has 28 heavy (non-hydrogen) atoms. The molecule has 2 aliphatic heterocycles. The Labute approximate surface area is 167 Å². The van der Waals surface area contributed by atoms with Crippen molar-refractivity contribution in [3.05, 3.63) is 23.8 Å². The molecule has 2 saturated heterocycles. The Balaban J connectivity index is 1.55. The van der Waals surface area contributed by atoms with Crippen LogP contribution in [-0.2, 0) is 6.54 Å². The summed E-state index contributed by atoms with van der Waals surface area (Å²) >= 11 is 0. The number of β-amino-alcohol motifs (C(OH)–C–C–N with tert-alkyl or cyclic N) is 1. The minimum atomic E-state index is -0.674. The normalized spacial score (nSPS) is 21.6. The summed E-state index contributed by atoms with van der Waals surface area (Å²) in [7, 11) is 3.75. The van der Waals surface area contributed by atoms with Crippen LogP contribution in [0.2, 0.25) is 0 Å². The van der Waals surface area contributed by atoms with Crippen LogP contribution >= 0.6 is 0 Å². The number of hydrogen-bond donors (Lipinski definition) is 1. The van der Waals surface area contributed by atoms with E-state index in [0.717, 1.165) is 62.9 Å². The Bertz CT molecular complexity index is 603. The van der Waals surface area contributed by atoms with Crippen molar-refractivity contribution < 1.29 is 19.0 Å². The van der Waals surface area contributed by atoms with Crippen molar-refractivity contribution in [2.45, 2.75) is 31.7 Å². The van der Waals surface area contributed by atoms with Crippen molar-refractivity contribution in [1.82, 2.24) is 14.7 Å². The molecule has 158 valence electrons. The Morgan fingerprint density at radius 3 is 2.50 bits per heavy atom. The predicted molar refractivity (Wildman–Crippen MR) is 108 cm³/mol. The number of aliphatic hydroxyl groups is 1. The zero-order valence-electron chi connectivity index (χ0n) is 17.1. The van der Waals surface area contributed by atoms with E-state index < -0.39 is 12.3 Å². The van der Waals surface area contributed by atoms with Crippen molar-refractivity contribution in [2.24, 2.45) is 0 Å². The van der Waals surface area contributed by atoms with Gasteiger partial charge in [0.1, 0.15) is 30.4 Å². The van der Waals surface area contributed by atoms with E-state index in [2.05, 4.69) is 21.7 Å². The van der Waals surface area contributed by atoms with Gasteiger partial charge in [0, 0.05) is 64.0 Å². The second kappa shape index (κ2) is 10.4. The third-order valence-corrected chi connectivity index (χ3v) is 5.68. The van der Waals surface area contributed by atoms with Gasteiger partial charge in [-0.15, -0.1) is 0 Å². The zero-order valence-corrected chi connectivity index (χ0v) is 17.1. The lowest BCUT2D eigenvalue weighted by atomic mass is 10.1. The molecule has 1 atom stereocenters. The van der Waals surface area contributed by atoms with Gasteiger partial charge in [0.15, 0.2) is 0 Å². The molecule has 0 spiro atoms. The van der Waals surface area contributed by atoms with Crippen LogP contribution in [-0.4, -0.2) is 98.7 Å². The van der Waals surface area contributed by atoms with Gasteiger partial charge in [-0.3, -0.25) is 9.80 Å². The van der Waals surface area contributed by atoms with Crippen LogP contribution in [0.15, 0.2) is 18.2 Å². The molecule has 0 radical (unpaired) electrons. The van der Waals surface area contributed by atoms with Crippen LogP contribution in [0.25, 0.3) is 0 Å². The number of benzene rings is 1. The van der Waals surface area contributed by atoms with E-state index in [9.17, 15) is 9.50 Å². The molecule has 0 amide bonds. The van der Waals surface area contributed by atoms with Crippen LogP contribution in [0.4, 0.5) is 4.39 Å². The molecule has 7 heteroatoms. The summed E-state index contributed by atoms with van der Waals surface area (Å²) in [6.07, 6.45) is -0.0242. The van der Waals surface area contributed by atoms with E-state index in [4.69, 9.17) is 9.47 Å². The number of likely N-dealkylation sites (N-methyl/N-ethyl adjacent to an activating group) is 1. The maximum absolute atomic E-state index is 13.4. The van der Waals surface area contributed by atoms with E-state index in [-0.39, 0.29) is 6.61 Å². The van der Waals surface area contributed by atoms with Gasteiger partial charge in [0.2, 0.25) is 0 Å². The first-order valence-corrected chi connectivity index (χ1v) is 10.3. The van der Waals surface area contributed by atoms with Crippen LogP contribution < -0.4 is 9.47 Å². The lowest BCUT2D eigenvalue weighted by molar-refractivity contribution is 0.0498. The maximum atomic E-state index is 13.4. The zero-order chi connectivity index (χ0) is 19.9. The summed E-state index contributed by atoms with van der Waals surface area (Å²) in [5.41, 5.74) is 1.05. The highest BCUT2D eigenvalue weighted by Gasteiger charge is 2.21. The predicted octanol–water partition coefficient (Wildman–Crippen LogP) is 1.62. The topological polar surface area (TPSA) is 48.4 Å². The molecule has 2 aliphatic rings. The number of nitrogens with zero attached hydrogens (tertiary/aromatic N) is 3. The summed E-state index contributed by atoms with van der Waals surface area (Å²) < 4.78 is 24.7. The SMILES string of the molecule is COc1ccc(CN2CCC(F)CC2)c(OC[C@@H](O)CN2CCN(C)CC2)c1. The van der Waals surface area contributed by atoms with Crippen LogP contribution in [0.5, 0.6) is 11.5 Å². The molecule has 0 bridgehead atoms. The summed E-state index contributed by atoms with van der Waals surface area (Å²) in [4.78, 5) is 6.83. The summed E-state index contributed by atoms with van der Waals surface area (Å²) in [5.74, 6) is 1.47. The lowest BCUT2D eigenvalue weighted by Crippen LogP contribution is -2.47. The number of halogens is 1. The quantitative estimate of drug-likeness (QED) is 0.722. The summed E-state index contributed by atoms with van der Waals surface area (Å²) in [6, 6.07) is 5.80. The number of rotatable bonds is 8. The van der Waals surface area contributed by atoms with E-state index >= 15 is 0 Å². The molecule has 0 unspecified atom stereocenters. The first-order valence-electron chi connectivity index (χ1n) is 10.3. The van der Waals surface area contributed by atoms with Gasteiger partial charge in [0.05, 0.1) is 7.11 Å². The molecular weight excluding hydrogens is 361 g/mol. The van der Waals surface area contributed by atoms with Crippen LogP contribution in [0.3, 0.4) is 0 Å². The fourth-order valence-corrected chi connectivity index (χ4v) is 3.79. The Morgan fingerprint density at radius 2 is 1.82 bits per heavy atom. The minimum Gasteiger partial charge on any atom is -0.497 e. The van der Waals surface area contributed by atoms with Crippen LogP contribution in [0.1, 0.15) is 18.4 Å². The maximum Gasteiger partial charge on any atom is 0.127 e. The molecule has 3 rings (SSSR count). The van der Waals surface area contributed by atoms with Gasteiger partial charge in [0.25, 0.3) is 0 Å². The highest BCUT2D eigenvalue weighted by Crippen LogP contribution is 2.27. The number of alkyl halides is 1. The van der Waals surface area contributed by atoms with Crippen LogP contribution in [0, 0.1) is 0 Å². The van der Waals surface area contributed by atoms with Gasteiger partial charge in [-0.2, -0.15) is 0 Å². The Kier molecular flexibility index (Phi) is 7.91. The Morgan fingerprint density at radius 1 is 1.11 bits per heavy atom. The monoisotopic (exact) mass is 395 g/mol. The number of hydrogen-bond acceptors (Lipinski definition) is 6. The third kappa shape index (κ3) is 6.30. The largest absolute Gasteiger partial charge is 0.497 e. The van der Waals surface area contributed by atoms with E-state index in [1.807, 2.05) is 18.2 Å². The van der Waals surface area contributed by atoms with Crippen molar-refractivity contribution >= 4 is 0 Å². The summed E-state index contributed by atoms with van der Waals surface area (Å²) in [6.45, 7) is 7.13. The van der Waals surface area contributed by atoms with E-state index in [0.29, 0.717) is 19.4 Å². The fourth-order valence-electron chi connectivity index (χ4n) is 3.79. The van der Waals surface area contributed by atoms with Crippen molar-refractivity contribution in [3.63, 3.8) is 0 Å². The number of piperazine rings is 1. The molecule has 2 heterocycles. The number of aliphatic hydroxyl groups excluding tert-OH is 1. The van der Waals surface area contributed by atoms with Gasteiger partial charge in [-0.1, -0.05) is 6.07 Å². The Hall–Kier alpha value is -1.41. The standard InChI is InChI=1S/C21H34FN3O3/c1-23-9-11-25(12-10-23)15-19(26)16-28-21-13-20(27-2)4-3-17(21)14-24-7-5-18(22)6-8-24/h3-4,13,18-19,26H,5-12,14-16H2,1-2H3/t19-/m0/s1. The molecule has 1 N–H and O–H groups in total. The third-order valence-electron chi connectivity index (χ3n) is 5.68. The van der Waals surface area contributed by atoms with E-state index in [1.165, 1.54) is 0 Å². The first kappa shape index (κ1) is 21.3. The number of likely N-dealkylation sites (tertiary alicyclic amines) is 1. The van der Waals surface area contributed by atoms with E-state index in [1.54, 1.807) is 7.11 Å². The molecule has 1 aromatic carbocycles. The highest BCUT2D eigenvalue weighted by atomic mass is 19.1. The number of methoxy groups -OCH3 is 1. The van der Waals surface area contributed by atoms with Gasteiger partial charge in [-0.05, 0) is 26.0 Å². The average molecular weight is 396 g/mol. The smallest absolute Gasteiger partial charge is 0.127 e. The van der Waals surface area contributed by atoms with Crippen molar-refractivity contribution in [2.75, 3.05) is 66.6 Å². The van der Waals surface area contributed by atoms with Gasteiger partial charge in [-0.25, -0.2) is 4.39 Å². The number of ether oxygens (including phenoxy) is 2. The first-order chi connectivity index (χ1) is 13.5. The second-order valence-electron chi connectivity index (χ2n) is 7.99. The molecule has 1 aromatic rings.